The molecule has 0 saturated heterocycles. The second kappa shape index (κ2) is 7.01. The van der Waals surface area contributed by atoms with E-state index in [0.29, 0.717) is 12.3 Å². The molecule has 100 valence electrons. The van der Waals surface area contributed by atoms with Gasteiger partial charge in [0.2, 0.25) is 0 Å². The lowest BCUT2D eigenvalue weighted by molar-refractivity contribution is 0.280. The Bertz CT molecular complexity index is 414. The summed E-state index contributed by atoms with van der Waals surface area (Å²) in [5, 5.41) is 12.1. The van der Waals surface area contributed by atoms with Gasteiger partial charge in [-0.1, -0.05) is 16.8 Å². The van der Waals surface area contributed by atoms with E-state index in [2.05, 4.69) is 10.1 Å². The number of hydrogen-bond acceptors (Lipinski definition) is 4. The Balaban J connectivity index is 2.70. The van der Waals surface area contributed by atoms with Gasteiger partial charge < -0.3 is 14.8 Å². The van der Waals surface area contributed by atoms with Gasteiger partial charge in [-0.2, -0.15) is 0 Å². The van der Waals surface area contributed by atoms with Crippen molar-refractivity contribution in [2.45, 2.75) is 20.3 Å². The number of rotatable bonds is 6. The van der Waals surface area contributed by atoms with Crippen molar-refractivity contribution in [2.75, 3.05) is 27.2 Å². The molecule has 0 spiro atoms. The van der Waals surface area contributed by atoms with Gasteiger partial charge in [0.1, 0.15) is 5.75 Å². The van der Waals surface area contributed by atoms with Crippen molar-refractivity contribution in [1.82, 2.24) is 4.90 Å². The van der Waals surface area contributed by atoms with Crippen molar-refractivity contribution < 1.29 is 9.94 Å². The molecule has 0 atom stereocenters. The maximum absolute atomic E-state index is 8.87. The van der Waals surface area contributed by atoms with Crippen molar-refractivity contribution >= 4 is 5.71 Å². The van der Waals surface area contributed by atoms with E-state index in [4.69, 9.17) is 9.94 Å². The Morgan fingerprint density at radius 1 is 1.39 bits per heavy atom. The summed E-state index contributed by atoms with van der Waals surface area (Å²) in [6, 6.07) is 5.89. The molecule has 1 aromatic carbocycles. The van der Waals surface area contributed by atoms with Crippen LogP contribution in [0.5, 0.6) is 5.75 Å². The Morgan fingerprint density at radius 3 is 2.72 bits per heavy atom. The quantitative estimate of drug-likeness (QED) is 0.365. The summed E-state index contributed by atoms with van der Waals surface area (Å²) in [6.07, 6.45) is 0.968. The molecule has 0 saturated carbocycles. The van der Waals surface area contributed by atoms with Gasteiger partial charge in [-0.25, -0.2) is 0 Å². The summed E-state index contributed by atoms with van der Waals surface area (Å²) < 4.78 is 5.75. The predicted molar refractivity (Wildman–Crippen MR) is 73.8 cm³/mol. The summed E-state index contributed by atoms with van der Waals surface area (Å²) in [5.74, 6) is 0.773. The third-order valence-corrected chi connectivity index (χ3v) is 2.68. The second-order valence-corrected chi connectivity index (χ2v) is 4.69. The number of ether oxygens (including phenoxy) is 1. The first kappa shape index (κ1) is 14.5. The third kappa shape index (κ3) is 4.37. The van der Waals surface area contributed by atoms with Crippen LogP contribution in [0.3, 0.4) is 0 Å². The van der Waals surface area contributed by atoms with E-state index in [1.165, 1.54) is 0 Å². The van der Waals surface area contributed by atoms with Crippen molar-refractivity contribution in [3.63, 3.8) is 0 Å². The first-order valence-corrected chi connectivity index (χ1v) is 6.12. The first-order chi connectivity index (χ1) is 8.54. The largest absolute Gasteiger partial charge is 0.493 e. The summed E-state index contributed by atoms with van der Waals surface area (Å²) in [6.45, 7) is 5.42. The standard InChI is InChI=1S/C14H22N2O2/c1-11-6-7-14(13(10-11)12(2)15-17)18-9-5-8-16(3)4/h6-7,10,17H,5,8-9H2,1-4H3. The Labute approximate surface area is 109 Å². The maximum atomic E-state index is 8.87. The van der Waals surface area contributed by atoms with Gasteiger partial charge in [-0.15, -0.1) is 0 Å². The molecule has 1 aromatic rings. The number of hydrogen-bond donors (Lipinski definition) is 1. The van der Waals surface area contributed by atoms with Crippen LogP contribution in [0.1, 0.15) is 24.5 Å². The SMILES string of the molecule is CC(=NO)c1cc(C)ccc1OCCCN(C)C. The van der Waals surface area contributed by atoms with E-state index in [-0.39, 0.29) is 0 Å². The van der Waals surface area contributed by atoms with Crippen molar-refractivity contribution in [3.05, 3.63) is 29.3 Å². The molecule has 1 N–H and O–H groups in total. The number of nitrogens with zero attached hydrogens (tertiary/aromatic N) is 2. The van der Waals surface area contributed by atoms with Crippen molar-refractivity contribution in [3.8, 4) is 5.75 Å². The molecule has 0 aliphatic rings. The molecule has 18 heavy (non-hydrogen) atoms. The zero-order valence-corrected chi connectivity index (χ0v) is 11.6. The van der Waals surface area contributed by atoms with Gasteiger partial charge in [0.05, 0.1) is 12.3 Å². The van der Waals surface area contributed by atoms with E-state index in [0.717, 1.165) is 29.8 Å². The molecule has 0 radical (unpaired) electrons. The summed E-state index contributed by atoms with van der Waals surface area (Å²) in [7, 11) is 4.08. The van der Waals surface area contributed by atoms with Crippen LogP contribution in [0.2, 0.25) is 0 Å². The molecule has 0 aliphatic heterocycles. The highest BCUT2D eigenvalue weighted by Gasteiger charge is 2.07. The molecule has 4 heteroatoms. The first-order valence-electron chi connectivity index (χ1n) is 6.12. The summed E-state index contributed by atoms with van der Waals surface area (Å²) >= 11 is 0. The molecule has 0 unspecified atom stereocenters. The Morgan fingerprint density at radius 2 is 2.11 bits per heavy atom. The van der Waals surface area contributed by atoms with Gasteiger partial charge in [0.15, 0.2) is 0 Å². The molecular formula is C14H22N2O2. The smallest absolute Gasteiger partial charge is 0.128 e. The number of oxime groups is 1. The van der Waals surface area contributed by atoms with Crippen LogP contribution < -0.4 is 4.74 Å². The summed E-state index contributed by atoms with van der Waals surface area (Å²) in [4.78, 5) is 2.12. The van der Waals surface area contributed by atoms with Crippen molar-refractivity contribution in [1.29, 1.82) is 0 Å². The number of aryl methyl sites for hydroxylation is 1. The third-order valence-electron chi connectivity index (χ3n) is 2.68. The van der Waals surface area contributed by atoms with Gasteiger partial charge in [0.25, 0.3) is 0 Å². The van der Waals surface area contributed by atoms with E-state index in [1.807, 2.05) is 39.2 Å². The molecule has 0 fully saturated rings. The van der Waals surface area contributed by atoms with Crippen molar-refractivity contribution in [2.24, 2.45) is 5.16 Å². The molecule has 0 bridgehead atoms. The fraction of sp³-hybridized carbons (Fsp3) is 0.500. The minimum absolute atomic E-state index is 0.571. The van der Waals surface area contributed by atoms with Gasteiger partial charge in [0, 0.05) is 12.1 Å². The van der Waals surface area contributed by atoms with E-state index >= 15 is 0 Å². The molecule has 0 aliphatic carbocycles. The van der Waals surface area contributed by atoms with Gasteiger partial charge in [-0.05, 0) is 46.5 Å². The van der Waals surface area contributed by atoms with E-state index < -0.39 is 0 Å². The fourth-order valence-electron chi connectivity index (χ4n) is 1.67. The molecule has 0 heterocycles. The second-order valence-electron chi connectivity index (χ2n) is 4.69. The van der Waals surface area contributed by atoms with Crippen LogP contribution in [-0.2, 0) is 0 Å². The average molecular weight is 250 g/mol. The average Bonchev–Trinajstić information content (AvgIpc) is 2.34. The topological polar surface area (TPSA) is 45.1 Å². The van der Waals surface area contributed by atoms with Crippen LogP contribution in [0.25, 0.3) is 0 Å². The fourth-order valence-corrected chi connectivity index (χ4v) is 1.67. The Hall–Kier alpha value is -1.55. The minimum Gasteiger partial charge on any atom is -0.493 e. The lowest BCUT2D eigenvalue weighted by Crippen LogP contribution is -2.16. The highest BCUT2D eigenvalue weighted by atomic mass is 16.5. The molecular weight excluding hydrogens is 228 g/mol. The van der Waals surface area contributed by atoms with Crippen LogP contribution in [0, 0.1) is 6.92 Å². The molecule has 4 nitrogen and oxygen atoms in total. The predicted octanol–water partition coefficient (Wildman–Crippen LogP) is 2.52. The lowest BCUT2D eigenvalue weighted by Gasteiger charge is -2.13. The normalized spacial score (nSPS) is 11.9. The highest BCUT2D eigenvalue weighted by molar-refractivity contribution is 6.00. The lowest BCUT2D eigenvalue weighted by atomic mass is 10.1. The van der Waals surface area contributed by atoms with E-state index in [1.54, 1.807) is 6.92 Å². The Kier molecular flexibility index (Phi) is 5.65. The molecule has 0 amide bonds. The highest BCUT2D eigenvalue weighted by Crippen LogP contribution is 2.21. The van der Waals surface area contributed by atoms with Gasteiger partial charge in [-0.3, -0.25) is 0 Å². The zero-order valence-electron chi connectivity index (χ0n) is 11.6. The van der Waals surface area contributed by atoms with Crippen LogP contribution >= 0.6 is 0 Å². The molecule has 0 aromatic heterocycles. The number of benzene rings is 1. The van der Waals surface area contributed by atoms with Crippen LogP contribution in [0.15, 0.2) is 23.4 Å². The molecule has 1 rings (SSSR count). The van der Waals surface area contributed by atoms with Crippen LogP contribution in [0.4, 0.5) is 0 Å². The monoisotopic (exact) mass is 250 g/mol. The minimum atomic E-state index is 0.571. The van der Waals surface area contributed by atoms with Gasteiger partial charge >= 0.3 is 0 Å². The maximum Gasteiger partial charge on any atom is 0.128 e. The van der Waals surface area contributed by atoms with E-state index in [9.17, 15) is 0 Å². The van der Waals surface area contributed by atoms with Crippen LogP contribution in [-0.4, -0.2) is 43.1 Å². The summed E-state index contributed by atoms with van der Waals surface area (Å²) in [5.41, 5.74) is 2.54. The zero-order chi connectivity index (χ0) is 13.5.